The van der Waals surface area contributed by atoms with Gasteiger partial charge in [0, 0.05) is 16.5 Å². The summed E-state index contributed by atoms with van der Waals surface area (Å²) in [4.78, 5) is 17.0. The lowest BCUT2D eigenvalue weighted by Gasteiger charge is -2.07. The van der Waals surface area contributed by atoms with Crippen molar-refractivity contribution in [3.8, 4) is 22.8 Å². The number of carbonyl (C=O) groups excluding carboxylic acids is 1. The van der Waals surface area contributed by atoms with Crippen LogP contribution >= 0.6 is 11.3 Å². The second kappa shape index (κ2) is 6.22. The summed E-state index contributed by atoms with van der Waals surface area (Å²) in [6, 6.07) is 11.4. The Hall–Kier alpha value is -2.86. The largest absolute Gasteiger partial charge is 0.454 e. The lowest BCUT2D eigenvalue weighted by Crippen LogP contribution is -2.13. The minimum absolute atomic E-state index is 0.146. The molecule has 3 aromatic rings. The standard InChI is InChI=1S/C19H16N2O3S/c1-11-4-3-5-14(12(11)2)18(22)21-19-20-15(9-25-19)13-6-7-16-17(8-13)24-10-23-16/h3-9H,10H2,1-2H3,(H,20,21,22). The Balaban J connectivity index is 1.55. The van der Waals surface area contributed by atoms with Crippen LogP contribution in [0.1, 0.15) is 21.5 Å². The van der Waals surface area contributed by atoms with Crippen LogP contribution in [-0.4, -0.2) is 17.7 Å². The van der Waals surface area contributed by atoms with Crippen LogP contribution in [-0.2, 0) is 0 Å². The van der Waals surface area contributed by atoms with E-state index >= 15 is 0 Å². The number of hydrogen-bond donors (Lipinski definition) is 1. The van der Waals surface area contributed by atoms with Gasteiger partial charge in [-0.15, -0.1) is 11.3 Å². The van der Waals surface area contributed by atoms with Crippen LogP contribution in [0.3, 0.4) is 0 Å². The molecule has 0 unspecified atom stereocenters. The monoisotopic (exact) mass is 352 g/mol. The molecule has 0 saturated carbocycles. The molecule has 1 aliphatic heterocycles. The van der Waals surface area contributed by atoms with E-state index in [4.69, 9.17) is 9.47 Å². The number of hydrogen-bond acceptors (Lipinski definition) is 5. The molecule has 1 amide bonds. The van der Waals surface area contributed by atoms with E-state index in [1.807, 2.05) is 55.6 Å². The number of aryl methyl sites for hydroxylation is 1. The molecule has 25 heavy (non-hydrogen) atoms. The molecule has 6 heteroatoms. The van der Waals surface area contributed by atoms with Gasteiger partial charge in [-0.1, -0.05) is 12.1 Å². The zero-order chi connectivity index (χ0) is 17.4. The number of rotatable bonds is 3. The topological polar surface area (TPSA) is 60.5 Å². The Kier molecular flexibility index (Phi) is 3.89. The van der Waals surface area contributed by atoms with Crippen LogP contribution in [0, 0.1) is 13.8 Å². The predicted molar refractivity (Wildman–Crippen MR) is 97.5 cm³/mol. The molecule has 5 nitrogen and oxygen atoms in total. The summed E-state index contributed by atoms with van der Waals surface area (Å²) in [6.45, 7) is 4.18. The van der Waals surface area contributed by atoms with Gasteiger partial charge in [0.05, 0.1) is 5.69 Å². The van der Waals surface area contributed by atoms with Crippen molar-refractivity contribution in [3.05, 3.63) is 58.5 Å². The average molecular weight is 352 g/mol. The maximum absolute atomic E-state index is 12.5. The summed E-state index contributed by atoms with van der Waals surface area (Å²) in [5.41, 5.74) is 4.45. The number of anilines is 1. The molecule has 0 aliphatic carbocycles. The van der Waals surface area contributed by atoms with Gasteiger partial charge in [-0.2, -0.15) is 0 Å². The van der Waals surface area contributed by atoms with E-state index in [1.54, 1.807) is 0 Å². The molecular formula is C19H16N2O3S. The van der Waals surface area contributed by atoms with Gasteiger partial charge in [-0.25, -0.2) is 4.98 Å². The van der Waals surface area contributed by atoms with E-state index in [-0.39, 0.29) is 12.7 Å². The fourth-order valence-electron chi connectivity index (χ4n) is 2.68. The number of amides is 1. The molecule has 0 saturated heterocycles. The Labute approximate surface area is 149 Å². The lowest BCUT2D eigenvalue weighted by atomic mass is 10.0. The van der Waals surface area contributed by atoms with Crippen molar-refractivity contribution in [1.82, 2.24) is 4.98 Å². The first-order valence-corrected chi connectivity index (χ1v) is 8.73. The predicted octanol–water partition coefficient (Wildman–Crippen LogP) is 4.41. The number of thiazole rings is 1. The van der Waals surface area contributed by atoms with Crippen molar-refractivity contribution in [3.63, 3.8) is 0 Å². The van der Waals surface area contributed by atoms with Crippen molar-refractivity contribution in [2.75, 3.05) is 12.1 Å². The Morgan fingerprint density at radius 2 is 2.00 bits per heavy atom. The fraction of sp³-hybridized carbons (Fsp3) is 0.158. The maximum atomic E-state index is 12.5. The normalized spacial score (nSPS) is 12.2. The molecular weight excluding hydrogens is 336 g/mol. The van der Waals surface area contributed by atoms with Crippen LogP contribution in [0.4, 0.5) is 5.13 Å². The zero-order valence-corrected chi connectivity index (χ0v) is 14.6. The maximum Gasteiger partial charge on any atom is 0.257 e. The molecule has 0 radical (unpaired) electrons. The quantitative estimate of drug-likeness (QED) is 0.758. The molecule has 4 rings (SSSR count). The molecule has 2 heterocycles. The third-order valence-corrected chi connectivity index (χ3v) is 5.00. The van der Waals surface area contributed by atoms with Gasteiger partial charge in [-0.05, 0) is 49.2 Å². The second-order valence-electron chi connectivity index (χ2n) is 5.81. The number of nitrogens with one attached hydrogen (secondary N) is 1. The first-order valence-electron chi connectivity index (χ1n) is 7.85. The Morgan fingerprint density at radius 3 is 2.88 bits per heavy atom. The zero-order valence-electron chi connectivity index (χ0n) is 13.8. The van der Waals surface area contributed by atoms with Crippen LogP contribution in [0.5, 0.6) is 11.5 Å². The van der Waals surface area contributed by atoms with Crippen LogP contribution < -0.4 is 14.8 Å². The average Bonchev–Trinajstić information content (AvgIpc) is 3.25. The van der Waals surface area contributed by atoms with Crippen molar-refractivity contribution >= 4 is 22.4 Å². The molecule has 126 valence electrons. The van der Waals surface area contributed by atoms with Crippen LogP contribution in [0.25, 0.3) is 11.3 Å². The van der Waals surface area contributed by atoms with E-state index in [0.717, 1.165) is 28.1 Å². The molecule has 0 fully saturated rings. The van der Waals surface area contributed by atoms with Gasteiger partial charge in [0.15, 0.2) is 16.6 Å². The van der Waals surface area contributed by atoms with E-state index in [0.29, 0.717) is 16.4 Å². The van der Waals surface area contributed by atoms with Crippen molar-refractivity contribution in [1.29, 1.82) is 0 Å². The smallest absolute Gasteiger partial charge is 0.257 e. The highest BCUT2D eigenvalue weighted by atomic mass is 32.1. The third kappa shape index (κ3) is 2.96. The van der Waals surface area contributed by atoms with Crippen molar-refractivity contribution in [2.24, 2.45) is 0 Å². The first kappa shape index (κ1) is 15.7. The highest BCUT2D eigenvalue weighted by molar-refractivity contribution is 7.14. The van der Waals surface area contributed by atoms with Crippen LogP contribution in [0.2, 0.25) is 0 Å². The summed E-state index contributed by atoms with van der Waals surface area (Å²) >= 11 is 1.40. The van der Waals surface area contributed by atoms with E-state index in [1.165, 1.54) is 11.3 Å². The number of aromatic nitrogens is 1. The van der Waals surface area contributed by atoms with Gasteiger partial charge >= 0.3 is 0 Å². The minimum atomic E-state index is -0.146. The SMILES string of the molecule is Cc1cccc(C(=O)Nc2nc(-c3ccc4c(c3)OCO4)cs2)c1C. The highest BCUT2D eigenvalue weighted by Crippen LogP contribution is 2.36. The number of ether oxygens (including phenoxy) is 2. The molecule has 2 aromatic carbocycles. The lowest BCUT2D eigenvalue weighted by molar-refractivity contribution is 0.102. The van der Waals surface area contributed by atoms with Crippen molar-refractivity contribution in [2.45, 2.75) is 13.8 Å². The molecule has 0 spiro atoms. The molecule has 1 N–H and O–H groups in total. The molecule has 1 aliphatic rings. The summed E-state index contributed by atoms with van der Waals surface area (Å²) in [5, 5.41) is 5.36. The third-order valence-electron chi connectivity index (χ3n) is 4.24. The molecule has 0 atom stereocenters. The molecule has 0 bridgehead atoms. The minimum Gasteiger partial charge on any atom is -0.454 e. The fourth-order valence-corrected chi connectivity index (χ4v) is 3.40. The van der Waals surface area contributed by atoms with Gasteiger partial charge in [0.1, 0.15) is 0 Å². The van der Waals surface area contributed by atoms with Gasteiger partial charge in [0.2, 0.25) is 6.79 Å². The number of fused-ring (bicyclic) bond motifs is 1. The Bertz CT molecular complexity index is 965. The summed E-state index contributed by atoms with van der Waals surface area (Å²) in [7, 11) is 0. The Morgan fingerprint density at radius 1 is 1.16 bits per heavy atom. The number of nitrogens with zero attached hydrogens (tertiary/aromatic N) is 1. The van der Waals surface area contributed by atoms with Gasteiger partial charge < -0.3 is 9.47 Å². The summed E-state index contributed by atoms with van der Waals surface area (Å²) in [6.07, 6.45) is 0. The first-order chi connectivity index (χ1) is 12.1. The van der Waals surface area contributed by atoms with Crippen LogP contribution in [0.15, 0.2) is 41.8 Å². The van der Waals surface area contributed by atoms with E-state index in [2.05, 4.69) is 10.3 Å². The van der Waals surface area contributed by atoms with E-state index in [9.17, 15) is 4.79 Å². The van der Waals surface area contributed by atoms with Gasteiger partial charge in [-0.3, -0.25) is 10.1 Å². The molecule has 1 aromatic heterocycles. The summed E-state index contributed by atoms with van der Waals surface area (Å²) in [5.74, 6) is 1.31. The summed E-state index contributed by atoms with van der Waals surface area (Å²) < 4.78 is 10.7. The van der Waals surface area contributed by atoms with Gasteiger partial charge in [0.25, 0.3) is 5.91 Å². The highest BCUT2D eigenvalue weighted by Gasteiger charge is 2.16. The number of benzene rings is 2. The van der Waals surface area contributed by atoms with Crippen molar-refractivity contribution < 1.29 is 14.3 Å². The van der Waals surface area contributed by atoms with E-state index < -0.39 is 0 Å². The second-order valence-corrected chi connectivity index (χ2v) is 6.67. The number of carbonyl (C=O) groups is 1.